The zero-order valence-corrected chi connectivity index (χ0v) is 11.6. The lowest BCUT2D eigenvalue weighted by atomic mass is 10.1. The zero-order valence-electron chi connectivity index (χ0n) is 11.6. The van der Waals surface area contributed by atoms with Crippen molar-refractivity contribution < 1.29 is 9.13 Å². The normalized spacial score (nSPS) is 14.2. The first-order valence-electron chi connectivity index (χ1n) is 6.93. The van der Waals surface area contributed by atoms with Crippen molar-refractivity contribution in [3.05, 3.63) is 59.7 Å². The Balaban J connectivity index is 1.71. The first-order valence-corrected chi connectivity index (χ1v) is 6.93. The number of nitrogens with one attached hydrogen (secondary N) is 1. The van der Waals surface area contributed by atoms with Crippen LogP contribution in [0.3, 0.4) is 0 Å². The van der Waals surface area contributed by atoms with Crippen LogP contribution in [0, 0.1) is 5.82 Å². The summed E-state index contributed by atoms with van der Waals surface area (Å²) in [5, 5.41) is 3.17. The summed E-state index contributed by atoms with van der Waals surface area (Å²) in [4.78, 5) is 8.35. The Bertz CT molecular complexity index is 643. The van der Waals surface area contributed by atoms with Crippen molar-refractivity contribution in [2.45, 2.75) is 13.0 Å². The number of rotatable bonds is 4. The Morgan fingerprint density at radius 1 is 1.29 bits per heavy atom. The third-order valence-electron chi connectivity index (χ3n) is 3.22. The van der Waals surface area contributed by atoms with E-state index in [1.54, 1.807) is 18.5 Å². The molecule has 21 heavy (non-hydrogen) atoms. The predicted octanol–water partition coefficient (Wildman–Crippen LogP) is 2.54. The smallest absolute Gasteiger partial charge is 0.165 e. The van der Waals surface area contributed by atoms with Gasteiger partial charge >= 0.3 is 0 Å². The Labute approximate surface area is 122 Å². The van der Waals surface area contributed by atoms with Gasteiger partial charge in [0, 0.05) is 36.6 Å². The maximum absolute atomic E-state index is 14.1. The third-order valence-corrected chi connectivity index (χ3v) is 3.22. The molecule has 2 heterocycles. The molecule has 0 bridgehead atoms. The number of hydrogen-bond donors (Lipinski definition) is 1. The maximum atomic E-state index is 14.1. The predicted molar refractivity (Wildman–Crippen MR) is 79.0 cm³/mol. The van der Waals surface area contributed by atoms with E-state index in [-0.39, 0.29) is 11.6 Å². The third kappa shape index (κ3) is 3.37. The van der Waals surface area contributed by atoms with Gasteiger partial charge in [-0.05, 0) is 30.7 Å². The quantitative estimate of drug-likeness (QED) is 0.939. The van der Waals surface area contributed by atoms with Gasteiger partial charge in [-0.3, -0.25) is 9.98 Å². The SMILES string of the molecule is Fc1cc(C2=NCCCN2)ccc1OCc1cccnc1. The van der Waals surface area contributed by atoms with E-state index in [1.807, 2.05) is 18.2 Å². The molecule has 0 saturated heterocycles. The number of ether oxygens (including phenoxy) is 1. The zero-order chi connectivity index (χ0) is 14.5. The van der Waals surface area contributed by atoms with Crippen molar-refractivity contribution >= 4 is 5.84 Å². The first-order chi connectivity index (χ1) is 10.3. The van der Waals surface area contributed by atoms with Crippen LogP contribution in [0.25, 0.3) is 0 Å². The molecule has 0 spiro atoms. The molecule has 1 aromatic heterocycles. The van der Waals surface area contributed by atoms with Crippen LogP contribution in [0.15, 0.2) is 47.7 Å². The molecule has 108 valence electrons. The van der Waals surface area contributed by atoms with Gasteiger partial charge in [-0.1, -0.05) is 6.07 Å². The van der Waals surface area contributed by atoms with Crippen LogP contribution in [0.4, 0.5) is 4.39 Å². The maximum Gasteiger partial charge on any atom is 0.165 e. The van der Waals surface area contributed by atoms with Crippen LogP contribution in [0.2, 0.25) is 0 Å². The fourth-order valence-corrected chi connectivity index (χ4v) is 2.14. The summed E-state index contributed by atoms with van der Waals surface area (Å²) in [6.45, 7) is 1.95. The van der Waals surface area contributed by atoms with Crippen LogP contribution in [0.1, 0.15) is 17.5 Å². The fraction of sp³-hybridized carbons (Fsp3) is 0.250. The number of nitrogens with zero attached hydrogens (tertiary/aromatic N) is 2. The minimum Gasteiger partial charge on any atom is -0.486 e. The van der Waals surface area contributed by atoms with Crippen molar-refractivity contribution in [2.24, 2.45) is 4.99 Å². The molecule has 0 amide bonds. The van der Waals surface area contributed by atoms with Gasteiger partial charge in [0.25, 0.3) is 0 Å². The summed E-state index contributed by atoms with van der Waals surface area (Å²) in [5.74, 6) is 0.601. The van der Waals surface area contributed by atoms with Crippen LogP contribution in [-0.4, -0.2) is 23.9 Å². The highest BCUT2D eigenvalue weighted by Crippen LogP contribution is 2.20. The monoisotopic (exact) mass is 285 g/mol. The van der Waals surface area contributed by atoms with Gasteiger partial charge in [0.2, 0.25) is 0 Å². The van der Waals surface area contributed by atoms with E-state index in [4.69, 9.17) is 4.74 Å². The van der Waals surface area contributed by atoms with E-state index in [0.717, 1.165) is 36.5 Å². The summed E-state index contributed by atoms with van der Waals surface area (Å²) in [6.07, 6.45) is 4.40. The number of hydrogen-bond acceptors (Lipinski definition) is 4. The molecule has 1 N–H and O–H groups in total. The number of pyridine rings is 1. The standard InChI is InChI=1S/C16H16FN3O/c17-14-9-13(16-19-7-2-8-20-16)4-5-15(14)21-11-12-3-1-6-18-10-12/h1,3-6,9-10H,2,7-8,11H2,(H,19,20). The summed E-state index contributed by atoms with van der Waals surface area (Å²) >= 11 is 0. The van der Waals surface area contributed by atoms with E-state index >= 15 is 0 Å². The number of aromatic nitrogens is 1. The van der Waals surface area contributed by atoms with Gasteiger partial charge in [0.15, 0.2) is 11.6 Å². The molecule has 0 fully saturated rings. The van der Waals surface area contributed by atoms with E-state index in [9.17, 15) is 4.39 Å². The molecule has 0 radical (unpaired) electrons. The lowest BCUT2D eigenvalue weighted by molar-refractivity contribution is 0.290. The Morgan fingerprint density at radius 3 is 2.95 bits per heavy atom. The van der Waals surface area contributed by atoms with Crippen molar-refractivity contribution in [2.75, 3.05) is 13.1 Å². The number of halogens is 1. The Kier molecular flexibility index (Phi) is 4.09. The minimum absolute atomic E-state index is 0.235. The Hall–Kier alpha value is -2.43. The molecule has 0 atom stereocenters. The average Bonchev–Trinajstić information content (AvgIpc) is 2.55. The summed E-state index contributed by atoms with van der Waals surface area (Å²) in [6, 6.07) is 8.62. The topological polar surface area (TPSA) is 46.5 Å². The second-order valence-electron chi connectivity index (χ2n) is 4.81. The fourth-order valence-electron chi connectivity index (χ4n) is 2.14. The lowest BCUT2D eigenvalue weighted by Crippen LogP contribution is -2.30. The van der Waals surface area contributed by atoms with Gasteiger partial charge in [0.1, 0.15) is 12.4 Å². The van der Waals surface area contributed by atoms with Crippen molar-refractivity contribution in [3.8, 4) is 5.75 Å². The summed E-state index contributed by atoms with van der Waals surface area (Å²) < 4.78 is 19.6. The van der Waals surface area contributed by atoms with Gasteiger partial charge in [-0.15, -0.1) is 0 Å². The van der Waals surface area contributed by atoms with Crippen LogP contribution in [-0.2, 0) is 6.61 Å². The molecule has 0 aliphatic carbocycles. The van der Waals surface area contributed by atoms with E-state index in [1.165, 1.54) is 6.07 Å². The molecule has 2 aromatic rings. The van der Waals surface area contributed by atoms with E-state index in [2.05, 4.69) is 15.3 Å². The first kappa shape index (κ1) is 13.5. The molecule has 0 saturated carbocycles. The van der Waals surface area contributed by atoms with Crippen LogP contribution >= 0.6 is 0 Å². The molecule has 5 heteroatoms. The second-order valence-corrected chi connectivity index (χ2v) is 4.81. The second kappa shape index (κ2) is 6.35. The van der Waals surface area contributed by atoms with Gasteiger partial charge in [0.05, 0.1) is 0 Å². The Morgan fingerprint density at radius 2 is 2.24 bits per heavy atom. The molecule has 3 rings (SSSR count). The molecular weight excluding hydrogens is 269 g/mol. The van der Waals surface area contributed by atoms with Gasteiger partial charge < -0.3 is 10.1 Å². The number of benzene rings is 1. The highest BCUT2D eigenvalue weighted by atomic mass is 19.1. The van der Waals surface area contributed by atoms with Gasteiger partial charge in [-0.2, -0.15) is 0 Å². The largest absolute Gasteiger partial charge is 0.486 e. The van der Waals surface area contributed by atoms with Crippen LogP contribution < -0.4 is 10.1 Å². The molecule has 1 aliphatic rings. The molecule has 1 aromatic carbocycles. The van der Waals surface area contributed by atoms with E-state index < -0.39 is 0 Å². The van der Waals surface area contributed by atoms with Crippen molar-refractivity contribution in [1.82, 2.24) is 10.3 Å². The lowest BCUT2D eigenvalue weighted by Gasteiger charge is -2.15. The summed E-state index contributed by atoms with van der Waals surface area (Å²) in [5.41, 5.74) is 1.65. The van der Waals surface area contributed by atoms with Crippen molar-refractivity contribution in [1.29, 1.82) is 0 Å². The molecular formula is C16H16FN3O. The van der Waals surface area contributed by atoms with Crippen LogP contribution in [0.5, 0.6) is 5.75 Å². The highest BCUT2D eigenvalue weighted by Gasteiger charge is 2.11. The highest BCUT2D eigenvalue weighted by molar-refractivity contribution is 5.99. The van der Waals surface area contributed by atoms with E-state index in [0.29, 0.717) is 6.61 Å². The van der Waals surface area contributed by atoms with Gasteiger partial charge in [-0.25, -0.2) is 4.39 Å². The van der Waals surface area contributed by atoms with Crippen molar-refractivity contribution in [3.63, 3.8) is 0 Å². The molecule has 0 unspecified atom stereocenters. The average molecular weight is 285 g/mol. The molecule has 1 aliphatic heterocycles. The molecule has 4 nitrogen and oxygen atoms in total. The summed E-state index contributed by atoms with van der Waals surface area (Å²) in [7, 11) is 0. The number of aliphatic imine (C=N–C) groups is 1. The number of amidine groups is 1. The minimum atomic E-state index is -0.383.